The molecule has 1 unspecified atom stereocenters. The lowest BCUT2D eigenvalue weighted by Gasteiger charge is -2.26. The second-order valence-electron chi connectivity index (χ2n) is 4.54. The van der Waals surface area contributed by atoms with Crippen molar-refractivity contribution < 1.29 is 8.78 Å². The molecule has 0 saturated carbocycles. The Morgan fingerprint density at radius 2 is 1.89 bits per heavy atom. The van der Waals surface area contributed by atoms with E-state index < -0.39 is 11.6 Å². The van der Waals surface area contributed by atoms with Gasteiger partial charge in [0, 0.05) is 23.3 Å². The lowest BCUT2D eigenvalue weighted by atomic mass is 10.0. The number of fused-ring (bicyclic) bond motifs is 1. The van der Waals surface area contributed by atoms with E-state index >= 15 is 0 Å². The Hall–Kier alpha value is -1.55. The molecule has 1 aliphatic rings. The Morgan fingerprint density at radius 1 is 1.05 bits per heavy atom. The molecular weight excluding hydrogens is 264 g/mol. The summed E-state index contributed by atoms with van der Waals surface area (Å²) in [4.78, 5) is 0. The van der Waals surface area contributed by atoms with E-state index in [0.29, 0.717) is 5.69 Å². The molecule has 0 radical (unpaired) electrons. The van der Waals surface area contributed by atoms with Crippen LogP contribution >= 0.6 is 11.8 Å². The maximum absolute atomic E-state index is 13.2. The van der Waals surface area contributed by atoms with Crippen molar-refractivity contribution in [1.82, 2.24) is 0 Å². The molecule has 3 rings (SSSR count). The van der Waals surface area contributed by atoms with E-state index in [1.807, 2.05) is 23.9 Å². The van der Waals surface area contributed by atoms with Crippen molar-refractivity contribution in [2.45, 2.75) is 11.8 Å². The zero-order valence-corrected chi connectivity index (χ0v) is 11.0. The van der Waals surface area contributed by atoms with Crippen LogP contribution in [-0.2, 0) is 5.75 Å². The van der Waals surface area contributed by atoms with E-state index in [0.717, 1.165) is 17.6 Å². The van der Waals surface area contributed by atoms with E-state index in [2.05, 4.69) is 17.4 Å². The number of benzene rings is 2. The number of hydrogen-bond acceptors (Lipinski definition) is 2. The molecule has 0 spiro atoms. The first-order valence-electron chi connectivity index (χ1n) is 6.11. The van der Waals surface area contributed by atoms with Crippen molar-refractivity contribution in [3.05, 3.63) is 65.2 Å². The summed E-state index contributed by atoms with van der Waals surface area (Å²) in [6.45, 7) is 0. The molecule has 0 amide bonds. The Balaban J connectivity index is 1.86. The largest absolute Gasteiger partial charge is 0.377 e. The topological polar surface area (TPSA) is 12.0 Å². The number of nitrogens with one attached hydrogen (secondary N) is 1. The van der Waals surface area contributed by atoms with Gasteiger partial charge in [-0.2, -0.15) is 11.8 Å². The van der Waals surface area contributed by atoms with Crippen LogP contribution in [-0.4, -0.2) is 5.75 Å². The Kier molecular flexibility index (Phi) is 3.42. The highest BCUT2D eigenvalue weighted by atomic mass is 32.2. The number of rotatable bonds is 2. The number of anilines is 1. The Bertz CT molecular complexity index is 600. The van der Waals surface area contributed by atoms with Crippen LogP contribution in [0.4, 0.5) is 14.5 Å². The van der Waals surface area contributed by atoms with Crippen LogP contribution < -0.4 is 5.32 Å². The van der Waals surface area contributed by atoms with E-state index in [4.69, 9.17) is 0 Å². The predicted molar refractivity (Wildman–Crippen MR) is 75.3 cm³/mol. The van der Waals surface area contributed by atoms with Gasteiger partial charge in [-0.15, -0.1) is 0 Å². The van der Waals surface area contributed by atoms with Crippen LogP contribution in [0, 0.1) is 11.6 Å². The zero-order valence-electron chi connectivity index (χ0n) is 10.2. The second-order valence-corrected chi connectivity index (χ2v) is 5.57. The molecular formula is C15H13F2NS. The van der Waals surface area contributed by atoms with E-state index in [9.17, 15) is 8.78 Å². The summed E-state index contributed by atoms with van der Waals surface area (Å²) in [5.74, 6) is 0.299. The van der Waals surface area contributed by atoms with Gasteiger partial charge in [-0.25, -0.2) is 8.78 Å². The van der Waals surface area contributed by atoms with Gasteiger partial charge in [-0.05, 0) is 23.3 Å². The molecule has 2 aromatic carbocycles. The highest BCUT2D eigenvalue weighted by Crippen LogP contribution is 2.33. The average molecular weight is 277 g/mol. The third-order valence-corrected chi connectivity index (χ3v) is 4.32. The molecule has 4 heteroatoms. The summed E-state index contributed by atoms with van der Waals surface area (Å²) in [7, 11) is 0. The fraction of sp³-hybridized carbons (Fsp3) is 0.200. The molecule has 1 aliphatic heterocycles. The SMILES string of the molecule is Fc1ccc(NC2CSCc3ccccc32)cc1F. The van der Waals surface area contributed by atoms with Crippen molar-refractivity contribution in [3.63, 3.8) is 0 Å². The Labute approximate surface area is 115 Å². The van der Waals surface area contributed by atoms with Crippen LogP contribution in [0.1, 0.15) is 17.2 Å². The standard InChI is InChI=1S/C15H13F2NS/c16-13-6-5-11(7-14(13)17)18-15-9-19-8-10-3-1-2-4-12(10)15/h1-7,15,18H,8-9H2. The smallest absolute Gasteiger partial charge is 0.160 e. The second kappa shape index (κ2) is 5.21. The van der Waals surface area contributed by atoms with Gasteiger partial charge in [-0.1, -0.05) is 24.3 Å². The fourth-order valence-electron chi connectivity index (χ4n) is 2.29. The van der Waals surface area contributed by atoms with Gasteiger partial charge < -0.3 is 5.32 Å². The third-order valence-electron chi connectivity index (χ3n) is 3.23. The minimum Gasteiger partial charge on any atom is -0.377 e. The van der Waals surface area contributed by atoms with Crippen LogP contribution in [0.5, 0.6) is 0 Å². The molecule has 0 saturated heterocycles. The van der Waals surface area contributed by atoms with Gasteiger partial charge in [0.1, 0.15) is 0 Å². The van der Waals surface area contributed by atoms with Crippen molar-refractivity contribution in [1.29, 1.82) is 0 Å². The zero-order chi connectivity index (χ0) is 13.2. The van der Waals surface area contributed by atoms with E-state index in [1.165, 1.54) is 17.2 Å². The molecule has 2 aromatic rings. The first kappa shape index (κ1) is 12.5. The Morgan fingerprint density at radius 3 is 2.74 bits per heavy atom. The molecule has 1 nitrogen and oxygen atoms in total. The monoisotopic (exact) mass is 277 g/mol. The molecule has 1 atom stereocenters. The van der Waals surface area contributed by atoms with Crippen LogP contribution in [0.15, 0.2) is 42.5 Å². The molecule has 1 N–H and O–H groups in total. The van der Waals surface area contributed by atoms with Crippen molar-refractivity contribution in [3.8, 4) is 0 Å². The third kappa shape index (κ3) is 2.59. The molecule has 1 heterocycles. The summed E-state index contributed by atoms with van der Waals surface area (Å²) < 4.78 is 26.1. The first-order chi connectivity index (χ1) is 9.24. The van der Waals surface area contributed by atoms with Crippen molar-refractivity contribution in [2.75, 3.05) is 11.1 Å². The van der Waals surface area contributed by atoms with Crippen molar-refractivity contribution in [2.24, 2.45) is 0 Å². The highest BCUT2D eigenvalue weighted by molar-refractivity contribution is 7.98. The number of thioether (sulfide) groups is 1. The van der Waals surface area contributed by atoms with E-state index in [1.54, 1.807) is 6.07 Å². The minimum atomic E-state index is -0.818. The van der Waals surface area contributed by atoms with Gasteiger partial charge in [0.2, 0.25) is 0 Å². The molecule has 19 heavy (non-hydrogen) atoms. The van der Waals surface area contributed by atoms with Gasteiger partial charge in [-0.3, -0.25) is 0 Å². The lowest BCUT2D eigenvalue weighted by molar-refractivity contribution is 0.509. The molecule has 0 aromatic heterocycles. The van der Waals surface area contributed by atoms with Gasteiger partial charge in [0.15, 0.2) is 11.6 Å². The molecule has 0 bridgehead atoms. The maximum Gasteiger partial charge on any atom is 0.160 e. The summed E-state index contributed by atoms with van der Waals surface area (Å²) in [6.07, 6.45) is 0. The van der Waals surface area contributed by atoms with Crippen LogP contribution in [0.3, 0.4) is 0 Å². The number of halogens is 2. The highest BCUT2D eigenvalue weighted by Gasteiger charge is 2.20. The molecule has 0 aliphatic carbocycles. The average Bonchev–Trinajstić information content (AvgIpc) is 2.43. The molecule has 0 fully saturated rings. The van der Waals surface area contributed by atoms with Crippen LogP contribution in [0.25, 0.3) is 0 Å². The van der Waals surface area contributed by atoms with Gasteiger partial charge >= 0.3 is 0 Å². The van der Waals surface area contributed by atoms with Gasteiger partial charge in [0.25, 0.3) is 0 Å². The summed E-state index contributed by atoms with van der Waals surface area (Å²) in [5, 5.41) is 3.28. The fourth-order valence-corrected chi connectivity index (χ4v) is 3.39. The van der Waals surface area contributed by atoms with Crippen LogP contribution in [0.2, 0.25) is 0 Å². The summed E-state index contributed by atoms with van der Waals surface area (Å²) in [6, 6.07) is 12.3. The lowest BCUT2D eigenvalue weighted by Crippen LogP contribution is -2.18. The quantitative estimate of drug-likeness (QED) is 0.875. The first-order valence-corrected chi connectivity index (χ1v) is 7.26. The summed E-state index contributed by atoms with van der Waals surface area (Å²) in [5.41, 5.74) is 3.16. The molecule has 98 valence electrons. The predicted octanol–water partition coefficient (Wildman–Crippen LogP) is 4.36. The summed E-state index contributed by atoms with van der Waals surface area (Å²) >= 11 is 1.84. The van der Waals surface area contributed by atoms with Crippen molar-refractivity contribution >= 4 is 17.4 Å². The number of hydrogen-bond donors (Lipinski definition) is 1. The maximum atomic E-state index is 13.2. The normalized spacial score (nSPS) is 17.9. The van der Waals surface area contributed by atoms with E-state index in [-0.39, 0.29) is 6.04 Å². The minimum absolute atomic E-state index is 0.139. The van der Waals surface area contributed by atoms with Gasteiger partial charge in [0.05, 0.1) is 6.04 Å².